The second-order valence-electron chi connectivity index (χ2n) is 4.98. The van der Waals surface area contributed by atoms with Crippen LogP contribution in [0.4, 0.5) is 0 Å². The highest BCUT2D eigenvalue weighted by atomic mass is 16.5. The van der Waals surface area contributed by atoms with Gasteiger partial charge in [-0.3, -0.25) is 4.79 Å². The lowest BCUT2D eigenvalue weighted by Gasteiger charge is -2.09. The highest BCUT2D eigenvalue weighted by Gasteiger charge is 2.10. The molecule has 0 bridgehead atoms. The summed E-state index contributed by atoms with van der Waals surface area (Å²) >= 11 is 0. The molecule has 0 amide bonds. The van der Waals surface area contributed by atoms with Crippen LogP contribution in [0, 0.1) is 6.92 Å². The van der Waals surface area contributed by atoms with Gasteiger partial charge in [0.25, 0.3) is 0 Å². The van der Waals surface area contributed by atoms with Crippen LogP contribution < -0.4 is 9.47 Å². The fraction of sp³-hybridized carbons (Fsp3) is 0.278. The van der Waals surface area contributed by atoms with E-state index < -0.39 is 0 Å². The first-order valence-corrected chi connectivity index (χ1v) is 6.95. The minimum absolute atomic E-state index is 0.108. The summed E-state index contributed by atoms with van der Waals surface area (Å²) in [7, 11) is 3.15. The monoisotopic (exact) mass is 284 g/mol. The Morgan fingerprint density at radius 2 is 1.62 bits per heavy atom. The lowest BCUT2D eigenvalue weighted by Crippen LogP contribution is -2.02. The van der Waals surface area contributed by atoms with Crippen molar-refractivity contribution in [2.45, 2.75) is 19.8 Å². The average molecular weight is 284 g/mol. The molecule has 3 nitrogen and oxygen atoms in total. The summed E-state index contributed by atoms with van der Waals surface area (Å²) in [6.45, 7) is 2.05. The van der Waals surface area contributed by atoms with Gasteiger partial charge in [0.1, 0.15) is 0 Å². The van der Waals surface area contributed by atoms with E-state index in [-0.39, 0.29) is 5.78 Å². The molecule has 21 heavy (non-hydrogen) atoms. The number of hydrogen-bond donors (Lipinski definition) is 0. The zero-order valence-electron chi connectivity index (χ0n) is 12.7. The molecule has 0 atom stereocenters. The molecular weight excluding hydrogens is 264 g/mol. The minimum atomic E-state index is 0.108. The number of carbonyl (C=O) groups excluding carboxylic acids is 1. The van der Waals surface area contributed by atoms with Gasteiger partial charge >= 0.3 is 0 Å². The van der Waals surface area contributed by atoms with E-state index in [9.17, 15) is 4.79 Å². The standard InChI is InChI=1S/C18H20O3/c1-13-4-6-14(7-5-13)8-10-16(19)15-9-11-17(20-2)18(12-15)21-3/h4-7,9,11-12H,8,10H2,1-3H3. The number of rotatable bonds is 6. The SMILES string of the molecule is COc1ccc(C(=O)CCc2ccc(C)cc2)cc1OC. The molecule has 0 radical (unpaired) electrons. The van der Waals surface area contributed by atoms with Crippen molar-refractivity contribution in [1.29, 1.82) is 0 Å². The van der Waals surface area contributed by atoms with Crippen molar-refractivity contribution < 1.29 is 14.3 Å². The molecule has 0 saturated heterocycles. The summed E-state index contributed by atoms with van der Waals surface area (Å²) in [5.74, 6) is 1.32. The molecule has 0 aliphatic heterocycles. The quantitative estimate of drug-likeness (QED) is 0.756. The van der Waals surface area contributed by atoms with Crippen molar-refractivity contribution in [1.82, 2.24) is 0 Å². The molecule has 110 valence electrons. The van der Waals surface area contributed by atoms with Gasteiger partial charge in [0.15, 0.2) is 17.3 Å². The molecule has 0 unspecified atom stereocenters. The molecule has 0 saturated carbocycles. The van der Waals surface area contributed by atoms with Gasteiger partial charge in [-0.2, -0.15) is 0 Å². The number of ether oxygens (including phenoxy) is 2. The minimum Gasteiger partial charge on any atom is -0.493 e. The van der Waals surface area contributed by atoms with E-state index in [0.717, 1.165) is 6.42 Å². The molecule has 0 N–H and O–H groups in total. The summed E-state index contributed by atoms with van der Waals surface area (Å²) in [5.41, 5.74) is 3.05. The van der Waals surface area contributed by atoms with E-state index in [1.54, 1.807) is 32.4 Å². The maximum atomic E-state index is 12.3. The molecule has 0 aliphatic rings. The van der Waals surface area contributed by atoms with Gasteiger partial charge in [0, 0.05) is 12.0 Å². The third-order valence-electron chi connectivity index (χ3n) is 3.47. The summed E-state index contributed by atoms with van der Waals surface area (Å²) in [6.07, 6.45) is 1.23. The summed E-state index contributed by atoms with van der Waals surface area (Å²) < 4.78 is 10.4. The molecule has 2 rings (SSSR count). The van der Waals surface area contributed by atoms with Crippen molar-refractivity contribution >= 4 is 5.78 Å². The molecule has 2 aromatic rings. The van der Waals surface area contributed by atoms with E-state index >= 15 is 0 Å². The van der Waals surface area contributed by atoms with E-state index in [4.69, 9.17) is 9.47 Å². The van der Waals surface area contributed by atoms with Gasteiger partial charge < -0.3 is 9.47 Å². The van der Waals surface area contributed by atoms with Crippen molar-refractivity contribution in [3.8, 4) is 11.5 Å². The Labute approximate surface area is 125 Å². The Hall–Kier alpha value is -2.29. The molecule has 0 heterocycles. The van der Waals surface area contributed by atoms with Crippen molar-refractivity contribution in [2.24, 2.45) is 0 Å². The zero-order valence-corrected chi connectivity index (χ0v) is 12.7. The number of carbonyl (C=O) groups is 1. The molecule has 0 fully saturated rings. The van der Waals surface area contributed by atoms with Gasteiger partial charge in [-0.05, 0) is 37.1 Å². The first-order valence-electron chi connectivity index (χ1n) is 6.95. The van der Waals surface area contributed by atoms with Gasteiger partial charge in [-0.25, -0.2) is 0 Å². The van der Waals surface area contributed by atoms with Crippen LogP contribution in [0.5, 0.6) is 11.5 Å². The lowest BCUT2D eigenvalue weighted by molar-refractivity contribution is 0.0982. The van der Waals surface area contributed by atoms with Crippen LogP contribution in [0.15, 0.2) is 42.5 Å². The molecule has 2 aromatic carbocycles. The van der Waals surface area contributed by atoms with E-state index in [1.165, 1.54) is 11.1 Å². The summed E-state index contributed by atoms with van der Waals surface area (Å²) in [6, 6.07) is 13.5. The maximum Gasteiger partial charge on any atom is 0.163 e. The highest BCUT2D eigenvalue weighted by molar-refractivity contribution is 5.96. The number of methoxy groups -OCH3 is 2. The van der Waals surface area contributed by atoms with Gasteiger partial charge in [-0.15, -0.1) is 0 Å². The van der Waals surface area contributed by atoms with Crippen LogP contribution in [-0.2, 0) is 6.42 Å². The Morgan fingerprint density at radius 3 is 2.24 bits per heavy atom. The topological polar surface area (TPSA) is 35.5 Å². The maximum absolute atomic E-state index is 12.3. The van der Waals surface area contributed by atoms with Crippen LogP contribution in [0.1, 0.15) is 27.9 Å². The Kier molecular flexibility index (Phi) is 4.99. The summed E-state index contributed by atoms with van der Waals surface area (Å²) in [4.78, 5) is 12.3. The third kappa shape index (κ3) is 3.85. The first kappa shape index (κ1) is 15.1. The molecular formula is C18H20O3. The largest absolute Gasteiger partial charge is 0.493 e. The number of aryl methyl sites for hydroxylation is 2. The smallest absolute Gasteiger partial charge is 0.163 e. The van der Waals surface area contributed by atoms with Gasteiger partial charge in [0.2, 0.25) is 0 Å². The van der Waals surface area contributed by atoms with E-state index in [1.807, 2.05) is 0 Å². The predicted molar refractivity (Wildman–Crippen MR) is 83.4 cm³/mol. The normalized spacial score (nSPS) is 10.2. The number of ketones is 1. The van der Waals surface area contributed by atoms with Gasteiger partial charge in [0.05, 0.1) is 14.2 Å². The number of hydrogen-bond acceptors (Lipinski definition) is 3. The number of Topliss-reactive ketones (excluding diaryl/α,β-unsaturated/α-hetero) is 1. The van der Waals surface area contributed by atoms with Crippen molar-refractivity contribution in [3.63, 3.8) is 0 Å². The lowest BCUT2D eigenvalue weighted by atomic mass is 10.0. The van der Waals surface area contributed by atoms with E-state index in [0.29, 0.717) is 23.5 Å². The Morgan fingerprint density at radius 1 is 0.952 bits per heavy atom. The second kappa shape index (κ2) is 6.93. The van der Waals surface area contributed by atoms with Crippen LogP contribution >= 0.6 is 0 Å². The predicted octanol–water partition coefficient (Wildman–Crippen LogP) is 3.83. The van der Waals surface area contributed by atoms with Crippen LogP contribution in [0.3, 0.4) is 0 Å². The summed E-state index contributed by atoms with van der Waals surface area (Å²) in [5, 5.41) is 0. The van der Waals surface area contributed by atoms with Crippen LogP contribution in [0.2, 0.25) is 0 Å². The Bertz CT molecular complexity index is 615. The molecule has 0 aliphatic carbocycles. The van der Waals surface area contributed by atoms with Gasteiger partial charge in [-0.1, -0.05) is 29.8 Å². The van der Waals surface area contributed by atoms with Crippen molar-refractivity contribution in [3.05, 3.63) is 59.2 Å². The average Bonchev–Trinajstić information content (AvgIpc) is 2.53. The fourth-order valence-electron chi connectivity index (χ4n) is 2.17. The van der Waals surface area contributed by atoms with E-state index in [2.05, 4.69) is 31.2 Å². The molecule has 0 aromatic heterocycles. The Balaban J connectivity index is 2.04. The fourth-order valence-corrected chi connectivity index (χ4v) is 2.17. The molecule has 3 heteroatoms. The first-order chi connectivity index (χ1) is 10.1. The second-order valence-corrected chi connectivity index (χ2v) is 4.98. The highest BCUT2D eigenvalue weighted by Crippen LogP contribution is 2.28. The zero-order chi connectivity index (χ0) is 15.2. The third-order valence-corrected chi connectivity index (χ3v) is 3.47. The van der Waals surface area contributed by atoms with Crippen LogP contribution in [-0.4, -0.2) is 20.0 Å². The van der Waals surface area contributed by atoms with Crippen LogP contribution in [0.25, 0.3) is 0 Å². The molecule has 0 spiro atoms. The van der Waals surface area contributed by atoms with Crippen molar-refractivity contribution in [2.75, 3.05) is 14.2 Å². The number of benzene rings is 2.